The summed E-state index contributed by atoms with van der Waals surface area (Å²) in [5, 5.41) is 12.6. The standard InChI is InChI=1S/C13H16ClN3O3.CH4/c1-5-10-12(18)16(13(19)15(10)4)11-7(2)6-9(14)8(3)17(11)20;/h6,10H,5H2,1-4H3;1H4. The van der Waals surface area contributed by atoms with Gasteiger partial charge in [0.25, 0.3) is 5.82 Å². The maximum atomic E-state index is 12.3. The Morgan fingerprint density at radius 1 is 1.38 bits per heavy atom. The van der Waals surface area contributed by atoms with Crippen LogP contribution in [0.4, 0.5) is 10.6 Å². The van der Waals surface area contributed by atoms with Gasteiger partial charge in [-0.2, -0.15) is 0 Å². The van der Waals surface area contributed by atoms with E-state index >= 15 is 0 Å². The number of nitrogens with zero attached hydrogens (tertiary/aromatic N) is 3. The fourth-order valence-electron chi connectivity index (χ4n) is 2.39. The van der Waals surface area contributed by atoms with Crippen molar-refractivity contribution in [3.05, 3.63) is 27.6 Å². The van der Waals surface area contributed by atoms with Gasteiger partial charge in [-0.05, 0) is 26.3 Å². The zero-order chi connectivity index (χ0) is 15.2. The molecule has 1 atom stereocenters. The van der Waals surface area contributed by atoms with Crippen LogP contribution < -0.4 is 9.63 Å². The third-order valence-electron chi connectivity index (χ3n) is 3.60. The highest BCUT2D eigenvalue weighted by atomic mass is 35.5. The molecule has 116 valence electrons. The molecule has 0 aromatic carbocycles. The summed E-state index contributed by atoms with van der Waals surface area (Å²) < 4.78 is 0.541. The fraction of sp³-hybridized carbons (Fsp3) is 0.500. The topological polar surface area (TPSA) is 67.6 Å². The van der Waals surface area contributed by atoms with E-state index in [2.05, 4.69) is 0 Å². The van der Waals surface area contributed by atoms with Crippen molar-refractivity contribution in [2.24, 2.45) is 0 Å². The molecule has 0 spiro atoms. The average molecular weight is 314 g/mol. The van der Waals surface area contributed by atoms with Gasteiger partial charge in [-0.25, -0.2) is 14.3 Å². The second-order valence-corrected chi connectivity index (χ2v) is 5.28. The molecule has 3 amide bonds. The summed E-state index contributed by atoms with van der Waals surface area (Å²) in [6.45, 7) is 5.01. The van der Waals surface area contributed by atoms with E-state index in [1.165, 1.54) is 4.90 Å². The van der Waals surface area contributed by atoms with E-state index < -0.39 is 12.1 Å². The minimum atomic E-state index is -0.530. The molecular weight excluding hydrogens is 294 g/mol. The first-order valence-electron chi connectivity index (χ1n) is 6.31. The number of urea groups is 1. The van der Waals surface area contributed by atoms with Gasteiger partial charge in [-0.15, -0.1) is 4.90 Å². The van der Waals surface area contributed by atoms with Crippen molar-refractivity contribution in [3.63, 3.8) is 0 Å². The molecule has 0 N–H and O–H groups in total. The molecule has 1 aromatic heterocycles. The zero-order valence-electron chi connectivity index (χ0n) is 11.8. The lowest BCUT2D eigenvalue weighted by Crippen LogP contribution is -2.44. The second-order valence-electron chi connectivity index (χ2n) is 4.87. The van der Waals surface area contributed by atoms with Crippen molar-refractivity contribution in [1.82, 2.24) is 4.90 Å². The van der Waals surface area contributed by atoms with Crippen molar-refractivity contribution in [2.45, 2.75) is 40.7 Å². The number of hydrogen-bond acceptors (Lipinski definition) is 3. The highest BCUT2D eigenvalue weighted by molar-refractivity contribution is 6.31. The summed E-state index contributed by atoms with van der Waals surface area (Å²) in [4.78, 5) is 26.9. The summed E-state index contributed by atoms with van der Waals surface area (Å²) >= 11 is 5.94. The molecular formula is C14H20ClN3O3. The van der Waals surface area contributed by atoms with Gasteiger partial charge < -0.3 is 5.21 Å². The number of imide groups is 1. The highest BCUT2D eigenvalue weighted by Gasteiger charge is 2.51. The molecule has 1 unspecified atom stereocenters. The number of amides is 3. The van der Waals surface area contributed by atoms with Crippen LogP contribution in [0.1, 0.15) is 32.0 Å². The average Bonchev–Trinajstić information content (AvgIpc) is 2.60. The van der Waals surface area contributed by atoms with E-state index in [4.69, 9.17) is 11.6 Å². The fourth-order valence-corrected chi connectivity index (χ4v) is 2.63. The number of halogens is 1. The Bertz CT molecular complexity index is 604. The Labute approximate surface area is 129 Å². The Balaban J connectivity index is 0.00000220. The lowest BCUT2D eigenvalue weighted by molar-refractivity contribution is -0.598. The molecule has 7 heteroatoms. The van der Waals surface area contributed by atoms with E-state index in [-0.39, 0.29) is 24.8 Å². The van der Waals surface area contributed by atoms with Crippen LogP contribution in [0.15, 0.2) is 6.07 Å². The van der Waals surface area contributed by atoms with Gasteiger partial charge >= 0.3 is 11.9 Å². The maximum Gasteiger partial charge on any atom is 0.419 e. The minimum absolute atomic E-state index is 0. The summed E-state index contributed by atoms with van der Waals surface area (Å²) in [6, 6.07) is 0.564. The molecule has 1 aliphatic rings. The van der Waals surface area contributed by atoms with Crippen molar-refractivity contribution < 1.29 is 14.3 Å². The van der Waals surface area contributed by atoms with Crippen LogP contribution in [-0.2, 0) is 4.79 Å². The molecule has 1 saturated heterocycles. The summed E-state index contributed by atoms with van der Waals surface area (Å²) in [5.41, 5.74) is 0.748. The summed E-state index contributed by atoms with van der Waals surface area (Å²) in [6.07, 6.45) is 0.502. The molecule has 1 aliphatic heterocycles. The molecule has 0 saturated carbocycles. The monoisotopic (exact) mass is 313 g/mol. The third-order valence-corrected chi connectivity index (χ3v) is 3.99. The number of rotatable bonds is 2. The van der Waals surface area contributed by atoms with E-state index in [9.17, 15) is 14.8 Å². The first kappa shape index (κ1) is 17.2. The lowest BCUT2D eigenvalue weighted by Gasteiger charge is -2.17. The molecule has 1 aromatic rings. The molecule has 0 aliphatic carbocycles. The van der Waals surface area contributed by atoms with E-state index in [0.717, 1.165) is 4.90 Å². The maximum absolute atomic E-state index is 12.3. The number of anilines is 1. The van der Waals surface area contributed by atoms with Gasteiger partial charge in [0, 0.05) is 12.6 Å². The molecule has 2 rings (SSSR count). The van der Waals surface area contributed by atoms with Gasteiger partial charge in [0.2, 0.25) is 0 Å². The Morgan fingerprint density at radius 2 is 1.95 bits per heavy atom. The Morgan fingerprint density at radius 3 is 2.43 bits per heavy atom. The number of likely N-dealkylation sites (N-methyl/N-ethyl adjacent to an activating group) is 1. The van der Waals surface area contributed by atoms with Crippen molar-refractivity contribution in [1.29, 1.82) is 0 Å². The molecule has 0 radical (unpaired) electrons. The Hall–Kier alpha value is -1.82. The highest BCUT2D eigenvalue weighted by Crippen LogP contribution is 2.28. The minimum Gasteiger partial charge on any atom is -0.710 e. The van der Waals surface area contributed by atoms with Crippen LogP contribution in [0.3, 0.4) is 0 Å². The van der Waals surface area contributed by atoms with Gasteiger partial charge in [0.05, 0.1) is 5.02 Å². The van der Waals surface area contributed by atoms with Gasteiger partial charge in [0.15, 0.2) is 0 Å². The second kappa shape index (κ2) is 5.89. The molecule has 6 nitrogen and oxygen atoms in total. The number of carbonyl (C=O) groups excluding carboxylic acids is 2. The smallest absolute Gasteiger partial charge is 0.419 e. The Kier molecular flexibility index (Phi) is 4.83. The van der Waals surface area contributed by atoms with Crippen LogP contribution in [0.25, 0.3) is 0 Å². The zero-order valence-corrected chi connectivity index (χ0v) is 12.6. The molecule has 0 bridgehead atoms. The summed E-state index contributed by atoms with van der Waals surface area (Å²) in [5.74, 6) is -0.348. The van der Waals surface area contributed by atoms with E-state index in [1.807, 2.05) is 6.92 Å². The van der Waals surface area contributed by atoms with E-state index in [1.54, 1.807) is 27.0 Å². The van der Waals surface area contributed by atoms with Crippen molar-refractivity contribution >= 4 is 29.4 Å². The normalized spacial score (nSPS) is 18.2. The van der Waals surface area contributed by atoms with Gasteiger partial charge in [0.1, 0.15) is 11.7 Å². The molecule has 2 heterocycles. The van der Waals surface area contributed by atoms with Crippen LogP contribution in [-0.4, -0.2) is 29.9 Å². The molecule has 1 fully saturated rings. The largest absolute Gasteiger partial charge is 0.710 e. The number of aromatic nitrogens is 1. The number of aryl methyl sites for hydroxylation is 1. The predicted molar refractivity (Wildman–Crippen MR) is 81.3 cm³/mol. The SMILES string of the molecule is C.CCC1C(=O)N(c2c(C)cc(Cl)c(C)[n+]2[O-])C(=O)N1C. The van der Waals surface area contributed by atoms with Crippen molar-refractivity contribution in [2.75, 3.05) is 11.9 Å². The van der Waals surface area contributed by atoms with Crippen LogP contribution in [0.2, 0.25) is 5.02 Å². The quantitative estimate of drug-likeness (QED) is 0.478. The third kappa shape index (κ3) is 2.44. The van der Waals surface area contributed by atoms with Gasteiger partial charge in [-0.3, -0.25) is 4.90 Å². The number of pyridine rings is 1. The number of hydrogen-bond donors (Lipinski definition) is 0. The van der Waals surface area contributed by atoms with Crippen molar-refractivity contribution in [3.8, 4) is 0 Å². The summed E-state index contributed by atoms with van der Waals surface area (Å²) in [7, 11) is 1.56. The molecule has 21 heavy (non-hydrogen) atoms. The lowest BCUT2D eigenvalue weighted by atomic mass is 10.2. The first-order chi connectivity index (χ1) is 9.31. The first-order valence-corrected chi connectivity index (χ1v) is 6.69. The van der Waals surface area contributed by atoms with Crippen LogP contribution in [0.5, 0.6) is 0 Å². The van der Waals surface area contributed by atoms with Gasteiger partial charge in [-0.1, -0.05) is 26.0 Å². The number of carbonyl (C=O) groups is 2. The van der Waals surface area contributed by atoms with E-state index in [0.29, 0.717) is 21.7 Å². The van der Waals surface area contributed by atoms with Crippen LogP contribution >= 0.6 is 11.6 Å². The van der Waals surface area contributed by atoms with Crippen LogP contribution in [0, 0.1) is 19.1 Å². The predicted octanol–water partition coefficient (Wildman–Crippen LogP) is 2.40.